The number of aliphatic carboxylic acids is 1. The summed E-state index contributed by atoms with van der Waals surface area (Å²) in [5.74, 6) is -0.947. The van der Waals surface area contributed by atoms with Gasteiger partial charge in [0.05, 0.1) is 45.1 Å². The highest BCUT2D eigenvalue weighted by Gasteiger charge is 2.43. The van der Waals surface area contributed by atoms with Gasteiger partial charge in [0.1, 0.15) is 0 Å². The lowest BCUT2D eigenvalue weighted by molar-refractivity contribution is -0.897. The highest BCUT2D eigenvalue weighted by Crippen LogP contribution is 2.38. The Bertz CT molecular complexity index is 789. The van der Waals surface area contributed by atoms with Gasteiger partial charge >= 0.3 is 5.97 Å². The van der Waals surface area contributed by atoms with Crippen molar-refractivity contribution < 1.29 is 22.8 Å². The van der Waals surface area contributed by atoms with Crippen molar-refractivity contribution in [1.82, 2.24) is 0 Å². The number of piperidine rings is 1. The lowest BCUT2D eigenvalue weighted by atomic mass is 9.77. The third-order valence-corrected chi connectivity index (χ3v) is 8.60. The van der Waals surface area contributed by atoms with E-state index >= 15 is 0 Å². The smallest absolute Gasteiger partial charge is 0.303 e. The fourth-order valence-electron chi connectivity index (χ4n) is 4.69. The molecule has 1 aliphatic rings. The maximum absolute atomic E-state index is 13.0. The van der Waals surface area contributed by atoms with Crippen molar-refractivity contribution in [3.05, 3.63) is 35.4 Å². The largest absolute Gasteiger partial charge is 0.481 e. The Labute approximate surface area is 189 Å². The lowest BCUT2D eigenvalue weighted by Crippen LogP contribution is -2.52. The van der Waals surface area contributed by atoms with Crippen molar-refractivity contribution in [3.8, 4) is 0 Å². The van der Waals surface area contributed by atoms with Gasteiger partial charge in [-0.25, -0.2) is 8.42 Å². The molecule has 176 valence electrons. The highest BCUT2D eigenvalue weighted by atomic mass is 32.2. The number of unbranched alkanes of at least 4 members (excludes halogenated alkanes) is 5. The number of hydrogen-bond donors (Lipinski definition) is 1. The summed E-state index contributed by atoms with van der Waals surface area (Å²) in [5, 5.41) is 9.41. The number of carboxylic acid groups (broad SMARTS) is 1. The van der Waals surface area contributed by atoms with E-state index in [0.717, 1.165) is 29.6 Å². The summed E-state index contributed by atoms with van der Waals surface area (Å²) in [5.41, 5.74) is 1.41. The first kappa shape index (κ1) is 25.9. The molecule has 0 bridgehead atoms. The summed E-state index contributed by atoms with van der Waals surface area (Å²) in [6.45, 7) is 3.86. The molecule has 1 aromatic carbocycles. The van der Waals surface area contributed by atoms with E-state index in [4.69, 9.17) is 0 Å². The number of likely N-dealkylation sites (tertiary alicyclic amines) is 1. The predicted octanol–water partition coefficient (Wildman–Crippen LogP) is 4.84. The van der Waals surface area contributed by atoms with Gasteiger partial charge < -0.3 is 9.59 Å². The first-order chi connectivity index (χ1) is 14.5. The third kappa shape index (κ3) is 9.32. The normalized spacial score (nSPS) is 18.0. The van der Waals surface area contributed by atoms with Crippen LogP contribution < -0.4 is 0 Å². The highest BCUT2D eigenvalue weighted by molar-refractivity contribution is 7.90. The van der Waals surface area contributed by atoms with E-state index in [1.54, 1.807) is 0 Å². The molecule has 0 amide bonds. The Morgan fingerprint density at radius 2 is 1.52 bits per heavy atom. The zero-order chi connectivity index (χ0) is 23.0. The molecule has 1 aromatic rings. The molecule has 0 unspecified atom stereocenters. The van der Waals surface area contributed by atoms with Crippen LogP contribution in [0.5, 0.6) is 0 Å². The van der Waals surface area contributed by atoms with Crippen molar-refractivity contribution in [3.63, 3.8) is 0 Å². The maximum atomic E-state index is 13.0. The molecule has 0 radical (unpaired) electrons. The van der Waals surface area contributed by atoms with Crippen molar-refractivity contribution in [2.75, 3.05) is 32.9 Å². The Morgan fingerprint density at radius 1 is 0.968 bits per heavy atom. The number of carbonyl (C=O) groups is 1. The zero-order valence-electron chi connectivity index (χ0n) is 19.7. The molecule has 0 aromatic heterocycles. The van der Waals surface area contributed by atoms with Gasteiger partial charge in [-0.3, -0.25) is 4.79 Å². The number of benzene rings is 1. The van der Waals surface area contributed by atoms with Gasteiger partial charge in [-0.2, -0.15) is 0 Å². The predicted molar refractivity (Wildman–Crippen MR) is 127 cm³/mol. The van der Waals surface area contributed by atoms with Crippen LogP contribution in [0.2, 0.25) is 0 Å². The van der Waals surface area contributed by atoms with Gasteiger partial charge in [0.2, 0.25) is 0 Å². The Hall–Kier alpha value is -1.40. The average molecular weight is 453 g/mol. The number of carboxylic acids is 1. The van der Waals surface area contributed by atoms with Crippen LogP contribution in [0.3, 0.4) is 0 Å². The van der Waals surface area contributed by atoms with E-state index in [-0.39, 0.29) is 17.9 Å². The van der Waals surface area contributed by atoms with Crippen molar-refractivity contribution in [2.45, 2.75) is 76.9 Å². The van der Waals surface area contributed by atoms with E-state index in [9.17, 15) is 18.3 Å². The molecule has 1 saturated heterocycles. The summed E-state index contributed by atoms with van der Waals surface area (Å²) >= 11 is 0. The molecule has 0 atom stereocenters. The van der Waals surface area contributed by atoms with Gasteiger partial charge in [-0.15, -0.1) is 0 Å². The van der Waals surface area contributed by atoms with Crippen LogP contribution in [0.4, 0.5) is 0 Å². The Morgan fingerprint density at radius 3 is 2.10 bits per heavy atom. The molecular formula is C25H42NO4S+. The number of hydrogen-bond acceptors (Lipinski definition) is 3. The van der Waals surface area contributed by atoms with Crippen molar-refractivity contribution in [1.29, 1.82) is 0 Å². The number of aryl methyl sites for hydroxylation is 1. The first-order valence-electron chi connectivity index (χ1n) is 11.9. The SMILES string of the molecule is CCCCCCCCc1ccc(CS(=O)(=O)CC2(CC(=O)O)CC[N+](C)(C)CC2)cc1. The minimum Gasteiger partial charge on any atom is -0.481 e. The van der Waals surface area contributed by atoms with E-state index in [1.165, 1.54) is 44.1 Å². The molecule has 1 N–H and O–H groups in total. The minimum atomic E-state index is -3.39. The molecule has 1 heterocycles. The van der Waals surface area contributed by atoms with Crippen molar-refractivity contribution in [2.24, 2.45) is 5.41 Å². The minimum absolute atomic E-state index is 0.0100. The Kier molecular flexibility index (Phi) is 9.56. The summed E-state index contributed by atoms with van der Waals surface area (Å²) in [4.78, 5) is 11.5. The number of rotatable bonds is 13. The van der Waals surface area contributed by atoms with E-state index in [1.807, 2.05) is 24.3 Å². The summed E-state index contributed by atoms with van der Waals surface area (Å²) in [6.07, 6.45) is 9.85. The second kappa shape index (κ2) is 11.5. The average Bonchev–Trinajstić information content (AvgIpc) is 2.67. The molecule has 1 fully saturated rings. The third-order valence-electron chi connectivity index (χ3n) is 6.78. The van der Waals surface area contributed by atoms with E-state index < -0.39 is 21.2 Å². The second-order valence-corrected chi connectivity index (χ2v) is 12.4. The fourth-order valence-corrected chi connectivity index (χ4v) is 6.82. The molecule has 6 heteroatoms. The monoisotopic (exact) mass is 452 g/mol. The Balaban J connectivity index is 1.92. The summed E-state index contributed by atoms with van der Waals surface area (Å²) in [7, 11) is 0.846. The number of nitrogens with zero attached hydrogens (tertiary/aromatic N) is 1. The number of sulfone groups is 1. The van der Waals surface area contributed by atoms with Gasteiger partial charge in [0.25, 0.3) is 0 Å². The van der Waals surface area contributed by atoms with Crippen LogP contribution in [0.1, 0.15) is 75.8 Å². The van der Waals surface area contributed by atoms with Gasteiger partial charge in [0, 0.05) is 18.3 Å². The molecule has 0 spiro atoms. The van der Waals surface area contributed by atoms with E-state index in [2.05, 4.69) is 21.0 Å². The van der Waals surface area contributed by atoms with Crippen LogP contribution in [0.15, 0.2) is 24.3 Å². The molecule has 1 aliphatic heterocycles. The molecule has 5 nitrogen and oxygen atoms in total. The van der Waals surface area contributed by atoms with Gasteiger partial charge in [0.15, 0.2) is 9.84 Å². The fraction of sp³-hybridized carbons (Fsp3) is 0.720. The van der Waals surface area contributed by atoms with Gasteiger partial charge in [-0.1, -0.05) is 63.3 Å². The van der Waals surface area contributed by atoms with Crippen LogP contribution in [0.25, 0.3) is 0 Å². The van der Waals surface area contributed by atoms with Crippen molar-refractivity contribution >= 4 is 15.8 Å². The summed E-state index contributed by atoms with van der Waals surface area (Å²) in [6, 6.07) is 7.94. The van der Waals surface area contributed by atoms with Crippen LogP contribution in [-0.2, 0) is 26.8 Å². The lowest BCUT2D eigenvalue weighted by Gasteiger charge is -2.43. The second-order valence-electron chi connectivity index (χ2n) is 10.3. The molecule has 0 saturated carbocycles. The van der Waals surface area contributed by atoms with Crippen LogP contribution >= 0.6 is 0 Å². The van der Waals surface area contributed by atoms with Crippen LogP contribution in [0, 0.1) is 5.41 Å². The molecule has 31 heavy (non-hydrogen) atoms. The molecule has 0 aliphatic carbocycles. The van der Waals surface area contributed by atoms with Crippen LogP contribution in [-0.4, -0.2) is 56.9 Å². The molecular weight excluding hydrogens is 410 g/mol. The quantitative estimate of drug-likeness (QED) is 0.343. The summed E-state index contributed by atoms with van der Waals surface area (Å²) < 4.78 is 26.8. The van der Waals surface area contributed by atoms with E-state index in [0.29, 0.717) is 12.8 Å². The standard InChI is InChI=1S/C25H41NO4S/c1-4-5-6-7-8-9-10-22-11-13-23(14-12-22)20-31(29,30)21-25(19-24(27)28)15-17-26(2,3)18-16-25/h11-14H,4-10,15-21H2,1-3H3/p+1. The number of quaternary nitrogens is 1. The first-order valence-corrected chi connectivity index (χ1v) is 13.7. The van der Waals surface area contributed by atoms with Gasteiger partial charge in [-0.05, 0) is 24.0 Å². The zero-order valence-corrected chi connectivity index (χ0v) is 20.6. The molecule has 2 rings (SSSR count). The topological polar surface area (TPSA) is 71.4 Å². The maximum Gasteiger partial charge on any atom is 0.303 e.